The molecule has 0 atom stereocenters. The van der Waals surface area contributed by atoms with Crippen LogP contribution in [-0.4, -0.2) is 24.1 Å². The summed E-state index contributed by atoms with van der Waals surface area (Å²) in [7, 11) is 0. The van der Waals surface area contributed by atoms with Gasteiger partial charge in [0.2, 0.25) is 5.95 Å². The molecule has 0 spiro atoms. The van der Waals surface area contributed by atoms with Crippen molar-refractivity contribution in [1.82, 2.24) is 24.1 Å². The summed E-state index contributed by atoms with van der Waals surface area (Å²) in [4.78, 5) is 15.5. The lowest BCUT2D eigenvalue weighted by Gasteiger charge is -2.12. The Hall–Kier alpha value is -7.63. The second-order valence-electron chi connectivity index (χ2n) is 14.1. The predicted molar refractivity (Wildman–Crippen MR) is 230 cm³/mol. The third-order valence-corrected chi connectivity index (χ3v) is 10.8. The highest BCUT2D eigenvalue weighted by Gasteiger charge is 2.22. The molecule has 0 bridgehead atoms. The van der Waals surface area contributed by atoms with E-state index in [0.29, 0.717) is 17.6 Å². The lowest BCUT2D eigenvalue weighted by atomic mass is 10.0. The highest BCUT2D eigenvalue weighted by molar-refractivity contribution is 6.20. The molecule has 0 aliphatic rings. The Labute approximate surface area is 323 Å². The molecule has 0 saturated heterocycles. The summed E-state index contributed by atoms with van der Waals surface area (Å²) in [6, 6.07) is 70.5. The molecule has 0 N–H and O–H groups in total. The summed E-state index contributed by atoms with van der Waals surface area (Å²) in [6.45, 7) is 0. The van der Waals surface area contributed by atoms with Crippen molar-refractivity contribution in [2.45, 2.75) is 0 Å². The quantitative estimate of drug-likeness (QED) is 0.172. The predicted octanol–water partition coefficient (Wildman–Crippen LogP) is 12.7. The Morgan fingerprint density at radius 2 is 0.661 bits per heavy atom. The first kappa shape index (κ1) is 31.9. The maximum absolute atomic E-state index is 5.24. The van der Waals surface area contributed by atoms with Gasteiger partial charge in [0.15, 0.2) is 11.6 Å². The van der Waals surface area contributed by atoms with Gasteiger partial charge in [0, 0.05) is 38.4 Å². The Morgan fingerprint density at radius 1 is 0.268 bits per heavy atom. The molecule has 0 unspecified atom stereocenters. The molecule has 0 aliphatic carbocycles. The number of fused-ring (bicyclic) bond motifs is 6. The zero-order valence-corrected chi connectivity index (χ0v) is 30.3. The number of aromatic nitrogens is 5. The van der Waals surface area contributed by atoms with Crippen molar-refractivity contribution in [2.24, 2.45) is 0 Å². The van der Waals surface area contributed by atoms with Gasteiger partial charge < -0.3 is 4.57 Å². The van der Waals surface area contributed by atoms with Crippen LogP contribution in [0.5, 0.6) is 0 Å². The largest absolute Gasteiger partial charge is 0.309 e. The second-order valence-corrected chi connectivity index (χ2v) is 14.1. The zero-order valence-electron chi connectivity index (χ0n) is 30.3. The van der Waals surface area contributed by atoms with E-state index in [4.69, 9.17) is 15.0 Å². The first-order chi connectivity index (χ1) is 27.8. The van der Waals surface area contributed by atoms with Crippen molar-refractivity contribution in [3.05, 3.63) is 200 Å². The number of rotatable bonds is 6. The van der Waals surface area contributed by atoms with Crippen molar-refractivity contribution in [1.29, 1.82) is 0 Å². The lowest BCUT2D eigenvalue weighted by Crippen LogP contribution is -2.06. The summed E-state index contributed by atoms with van der Waals surface area (Å²) in [5, 5.41) is 4.64. The standard InChI is InChI=1S/C51H33N5/c1-6-16-34(17-7-1)38-26-28-45-41(30-38)43-32-44-42-31-39(35-18-8-2-9-19-35)27-29-46(42)56(48(44)33-47(43)55(45)40-24-14-5-15-25-40)51-53-49(36-20-10-3-11-21-36)52-50(54-51)37-22-12-4-13-23-37/h1-33H. The topological polar surface area (TPSA) is 48.5 Å². The molecule has 5 heteroatoms. The highest BCUT2D eigenvalue weighted by Crippen LogP contribution is 2.41. The van der Waals surface area contributed by atoms with E-state index in [0.717, 1.165) is 55.2 Å². The van der Waals surface area contributed by atoms with Crippen molar-refractivity contribution in [3.63, 3.8) is 0 Å². The van der Waals surface area contributed by atoms with Gasteiger partial charge in [0.25, 0.3) is 0 Å². The smallest absolute Gasteiger partial charge is 0.238 e. The molecule has 262 valence electrons. The number of benzene rings is 8. The molecule has 11 aromatic rings. The van der Waals surface area contributed by atoms with Crippen LogP contribution in [0.2, 0.25) is 0 Å². The Morgan fingerprint density at radius 3 is 1.14 bits per heavy atom. The number of para-hydroxylation sites is 1. The van der Waals surface area contributed by atoms with Crippen molar-refractivity contribution >= 4 is 43.6 Å². The number of hydrogen-bond donors (Lipinski definition) is 0. The normalized spacial score (nSPS) is 11.6. The summed E-state index contributed by atoms with van der Waals surface area (Å²) in [5.41, 5.74) is 12.0. The number of nitrogens with zero attached hydrogens (tertiary/aromatic N) is 5. The monoisotopic (exact) mass is 715 g/mol. The van der Waals surface area contributed by atoms with Gasteiger partial charge in [-0.2, -0.15) is 9.97 Å². The van der Waals surface area contributed by atoms with E-state index in [1.807, 2.05) is 36.4 Å². The summed E-state index contributed by atoms with van der Waals surface area (Å²) in [6.07, 6.45) is 0. The van der Waals surface area contributed by atoms with Crippen LogP contribution < -0.4 is 0 Å². The third kappa shape index (κ3) is 5.29. The molecule has 0 fully saturated rings. The van der Waals surface area contributed by atoms with Gasteiger partial charge in [0.05, 0.1) is 22.1 Å². The molecule has 8 aromatic carbocycles. The molecule has 56 heavy (non-hydrogen) atoms. The van der Waals surface area contributed by atoms with Gasteiger partial charge in [-0.15, -0.1) is 0 Å². The van der Waals surface area contributed by atoms with Gasteiger partial charge in [-0.1, -0.05) is 152 Å². The molecule has 5 nitrogen and oxygen atoms in total. The van der Waals surface area contributed by atoms with E-state index in [9.17, 15) is 0 Å². The number of hydrogen-bond acceptors (Lipinski definition) is 3. The fraction of sp³-hybridized carbons (Fsp3) is 0. The van der Waals surface area contributed by atoms with Gasteiger partial charge in [-0.3, -0.25) is 4.57 Å². The minimum absolute atomic E-state index is 0.568. The van der Waals surface area contributed by atoms with Crippen LogP contribution in [0.4, 0.5) is 0 Å². The fourth-order valence-electron chi connectivity index (χ4n) is 8.12. The fourth-order valence-corrected chi connectivity index (χ4v) is 8.12. The van der Waals surface area contributed by atoms with E-state index < -0.39 is 0 Å². The highest BCUT2D eigenvalue weighted by atomic mass is 15.2. The van der Waals surface area contributed by atoms with Crippen molar-refractivity contribution < 1.29 is 0 Å². The van der Waals surface area contributed by atoms with Crippen molar-refractivity contribution in [2.75, 3.05) is 0 Å². The minimum atomic E-state index is 0.568. The third-order valence-electron chi connectivity index (χ3n) is 10.8. The minimum Gasteiger partial charge on any atom is -0.309 e. The maximum atomic E-state index is 5.24. The van der Waals surface area contributed by atoms with Crippen LogP contribution in [-0.2, 0) is 0 Å². The first-order valence-electron chi connectivity index (χ1n) is 18.9. The van der Waals surface area contributed by atoms with Crippen LogP contribution in [0.3, 0.4) is 0 Å². The first-order valence-corrected chi connectivity index (χ1v) is 18.9. The Balaban J connectivity index is 1.27. The van der Waals surface area contributed by atoms with E-state index in [-0.39, 0.29) is 0 Å². The Kier molecular flexibility index (Phi) is 7.42. The maximum Gasteiger partial charge on any atom is 0.238 e. The molecule has 0 saturated carbocycles. The molecule has 0 aliphatic heterocycles. The Bertz CT molecular complexity index is 3150. The van der Waals surface area contributed by atoms with E-state index in [2.05, 4.69) is 173 Å². The molecule has 3 heterocycles. The molecular formula is C51H33N5. The van der Waals surface area contributed by atoms with Gasteiger partial charge >= 0.3 is 0 Å². The summed E-state index contributed by atoms with van der Waals surface area (Å²) < 4.78 is 4.61. The molecule has 0 amide bonds. The zero-order chi connectivity index (χ0) is 37.0. The average Bonchev–Trinajstić information content (AvgIpc) is 3.78. The van der Waals surface area contributed by atoms with Crippen LogP contribution in [0.15, 0.2) is 200 Å². The molecular weight excluding hydrogens is 683 g/mol. The van der Waals surface area contributed by atoms with Crippen LogP contribution in [0, 0.1) is 0 Å². The van der Waals surface area contributed by atoms with E-state index in [1.165, 1.54) is 27.5 Å². The van der Waals surface area contributed by atoms with Crippen LogP contribution in [0.25, 0.3) is 100 Å². The van der Waals surface area contributed by atoms with E-state index >= 15 is 0 Å². The van der Waals surface area contributed by atoms with Crippen LogP contribution in [0.1, 0.15) is 0 Å². The van der Waals surface area contributed by atoms with Crippen molar-refractivity contribution in [3.8, 4) is 56.7 Å². The second kappa shape index (κ2) is 13.0. The average molecular weight is 716 g/mol. The SMILES string of the molecule is c1ccc(-c2ccc3c(c2)c2cc4c5cc(-c6ccccc6)ccc5n(-c5nc(-c6ccccc6)nc(-c6ccccc6)n5)c4cc2n3-c2ccccc2)cc1. The van der Waals surface area contributed by atoms with Gasteiger partial charge in [0.1, 0.15) is 0 Å². The summed E-state index contributed by atoms with van der Waals surface area (Å²) >= 11 is 0. The molecule has 3 aromatic heterocycles. The lowest BCUT2D eigenvalue weighted by molar-refractivity contribution is 0.953. The molecule has 0 radical (unpaired) electrons. The van der Waals surface area contributed by atoms with Gasteiger partial charge in [-0.05, 0) is 70.8 Å². The van der Waals surface area contributed by atoms with Gasteiger partial charge in [-0.25, -0.2) is 4.98 Å². The molecule has 11 rings (SSSR count). The van der Waals surface area contributed by atoms with E-state index in [1.54, 1.807) is 0 Å². The summed E-state index contributed by atoms with van der Waals surface area (Å²) in [5.74, 6) is 1.81. The van der Waals surface area contributed by atoms with Crippen LogP contribution >= 0.6 is 0 Å².